The molecule has 0 N–H and O–H groups in total. The first-order valence-corrected chi connectivity index (χ1v) is 10.1. The summed E-state index contributed by atoms with van der Waals surface area (Å²) < 4.78 is 0. The second-order valence-corrected chi connectivity index (χ2v) is 7.48. The SMILES string of the molecule is Cc1cccc(C)c1N=C(c1ccccc1)c1ccc2ccc3cccnc3c2n1. The zero-order valence-corrected chi connectivity index (χ0v) is 17.0. The summed E-state index contributed by atoms with van der Waals surface area (Å²) in [6.45, 7) is 4.19. The van der Waals surface area contributed by atoms with Crippen molar-refractivity contribution in [3.8, 4) is 0 Å². The summed E-state index contributed by atoms with van der Waals surface area (Å²) >= 11 is 0. The number of hydrogen-bond donors (Lipinski definition) is 0. The smallest absolute Gasteiger partial charge is 0.0972 e. The van der Waals surface area contributed by atoms with Gasteiger partial charge >= 0.3 is 0 Å². The second-order valence-electron chi connectivity index (χ2n) is 7.48. The molecule has 5 rings (SSSR count). The van der Waals surface area contributed by atoms with E-state index in [-0.39, 0.29) is 0 Å². The highest BCUT2D eigenvalue weighted by molar-refractivity contribution is 6.14. The first-order chi connectivity index (χ1) is 14.7. The molecule has 0 aliphatic rings. The Kier molecular flexibility index (Phi) is 4.56. The van der Waals surface area contributed by atoms with Gasteiger partial charge in [-0.1, -0.05) is 72.8 Å². The van der Waals surface area contributed by atoms with E-state index in [4.69, 9.17) is 9.98 Å². The maximum Gasteiger partial charge on any atom is 0.0972 e. The molecule has 0 radical (unpaired) electrons. The Morgan fingerprint density at radius 1 is 0.667 bits per heavy atom. The van der Waals surface area contributed by atoms with Crippen LogP contribution in [0.3, 0.4) is 0 Å². The van der Waals surface area contributed by atoms with Gasteiger partial charge in [0.1, 0.15) is 0 Å². The van der Waals surface area contributed by atoms with Crippen LogP contribution in [-0.4, -0.2) is 15.7 Å². The molecule has 0 saturated carbocycles. The number of nitrogens with zero attached hydrogens (tertiary/aromatic N) is 3. The first-order valence-electron chi connectivity index (χ1n) is 10.1. The third-order valence-corrected chi connectivity index (χ3v) is 5.39. The van der Waals surface area contributed by atoms with Gasteiger partial charge in [0.2, 0.25) is 0 Å². The van der Waals surface area contributed by atoms with Gasteiger partial charge in [0.25, 0.3) is 0 Å². The zero-order valence-electron chi connectivity index (χ0n) is 17.0. The Hall–Kier alpha value is -3.85. The summed E-state index contributed by atoms with van der Waals surface area (Å²) in [4.78, 5) is 14.8. The number of para-hydroxylation sites is 1. The van der Waals surface area contributed by atoms with E-state index in [1.54, 1.807) is 0 Å². The van der Waals surface area contributed by atoms with Gasteiger partial charge in [-0.2, -0.15) is 0 Å². The highest BCUT2D eigenvalue weighted by Gasteiger charge is 2.13. The van der Waals surface area contributed by atoms with E-state index in [0.29, 0.717) is 0 Å². The molecule has 0 spiro atoms. The van der Waals surface area contributed by atoms with Crippen molar-refractivity contribution in [2.75, 3.05) is 0 Å². The van der Waals surface area contributed by atoms with Gasteiger partial charge in [-0.25, -0.2) is 9.98 Å². The summed E-state index contributed by atoms with van der Waals surface area (Å²) in [6.07, 6.45) is 1.82. The van der Waals surface area contributed by atoms with E-state index in [1.165, 1.54) is 0 Å². The number of aromatic nitrogens is 2. The summed E-state index contributed by atoms with van der Waals surface area (Å²) in [5, 5.41) is 2.16. The van der Waals surface area contributed by atoms with Gasteiger partial charge < -0.3 is 0 Å². The predicted molar refractivity (Wildman–Crippen MR) is 125 cm³/mol. The van der Waals surface area contributed by atoms with Crippen molar-refractivity contribution in [1.82, 2.24) is 9.97 Å². The van der Waals surface area contributed by atoms with Crippen molar-refractivity contribution >= 4 is 33.2 Å². The lowest BCUT2D eigenvalue weighted by Crippen LogP contribution is -2.06. The number of aryl methyl sites for hydroxylation is 2. The van der Waals surface area contributed by atoms with Crippen molar-refractivity contribution in [2.45, 2.75) is 13.8 Å². The largest absolute Gasteiger partial charge is 0.254 e. The fourth-order valence-corrected chi connectivity index (χ4v) is 3.82. The molecule has 2 heterocycles. The molecule has 0 atom stereocenters. The molecular formula is C27H21N3. The molecule has 30 heavy (non-hydrogen) atoms. The third kappa shape index (κ3) is 3.25. The van der Waals surface area contributed by atoms with E-state index in [1.807, 2.05) is 30.5 Å². The van der Waals surface area contributed by atoms with E-state index in [0.717, 1.165) is 55.6 Å². The molecule has 144 valence electrons. The van der Waals surface area contributed by atoms with E-state index in [9.17, 15) is 0 Å². The molecule has 3 aromatic carbocycles. The molecule has 3 nitrogen and oxygen atoms in total. The lowest BCUT2D eigenvalue weighted by Gasteiger charge is -2.11. The van der Waals surface area contributed by atoms with Crippen LogP contribution in [0.4, 0.5) is 5.69 Å². The Bertz CT molecular complexity index is 1380. The van der Waals surface area contributed by atoms with Gasteiger partial charge in [-0.05, 0) is 37.1 Å². The van der Waals surface area contributed by atoms with E-state index < -0.39 is 0 Å². The summed E-state index contributed by atoms with van der Waals surface area (Å²) in [5.74, 6) is 0. The number of rotatable bonds is 3. The Morgan fingerprint density at radius 2 is 1.37 bits per heavy atom. The molecule has 0 unspecified atom stereocenters. The maximum atomic E-state index is 5.12. The minimum Gasteiger partial charge on any atom is -0.254 e. The molecule has 0 bridgehead atoms. The van der Waals surface area contributed by atoms with Crippen LogP contribution in [0.2, 0.25) is 0 Å². The first kappa shape index (κ1) is 18.2. The minimum atomic E-state index is 0.842. The number of fused-ring (bicyclic) bond motifs is 3. The quantitative estimate of drug-likeness (QED) is 0.259. The molecule has 0 aliphatic heterocycles. The van der Waals surface area contributed by atoms with Crippen molar-refractivity contribution in [3.63, 3.8) is 0 Å². The van der Waals surface area contributed by atoms with Crippen LogP contribution in [0.25, 0.3) is 21.8 Å². The number of aliphatic imine (C=N–C) groups is 1. The van der Waals surface area contributed by atoms with Gasteiger partial charge in [0.05, 0.1) is 28.1 Å². The third-order valence-electron chi connectivity index (χ3n) is 5.39. The predicted octanol–water partition coefficient (Wildman–Crippen LogP) is 6.57. The molecule has 0 fully saturated rings. The van der Waals surface area contributed by atoms with Crippen LogP contribution in [0.5, 0.6) is 0 Å². The minimum absolute atomic E-state index is 0.842. The summed E-state index contributed by atoms with van der Waals surface area (Å²) in [5.41, 5.74) is 7.85. The maximum absolute atomic E-state index is 5.12. The van der Waals surface area contributed by atoms with Crippen molar-refractivity contribution in [1.29, 1.82) is 0 Å². The average Bonchev–Trinajstić information content (AvgIpc) is 2.79. The normalized spacial score (nSPS) is 11.9. The van der Waals surface area contributed by atoms with Gasteiger partial charge in [0, 0.05) is 22.5 Å². The Labute approximate surface area is 175 Å². The average molecular weight is 387 g/mol. The monoisotopic (exact) mass is 387 g/mol. The highest BCUT2D eigenvalue weighted by atomic mass is 14.8. The molecule has 0 amide bonds. The highest BCUT2D eigenvalue weighted by Crippen LogP contribution is 2.27. The van der Waals surface area contributed by atoms with Crippen LogP contribution in [0.15, 0.2) is 96.1 Å². The Morgan fingerprint density at radius 3 is 2.13 bits per heavy atom. The summed E-state index contributed by atoms with van der Waals surface area (Å²) in [6, 6.07) is 28.9. The van der Waals surface area contributed by atoms with Crippen LogP contribution >= 0.6 is 0 Å². The van der Waals surface area contributed by atoms with Crippen LogP contribution < -0.4 is 0 Å². The van der Waals surface area contributed by atoms with Crippen LogP contribution in [0.1, 0.15) is 22.4 Å². The fourth-order valence-electron chi connectivity index (χ4n) is 3.82. The number of hydrogen-bond acceptors (Lipinski definition) is 3. The Balaban J connectivity index is 1.79. The van der Waals surface area contributed by atoms with Crippen LogP contribution in [0, 0.1) is 13.8 Å². The lowest BCUT2D eigenvalue weighted by molar-refractivity contribution is 1.30. The number of pyridine rings is 2. The molecule has 5 aromatic rings. The molecule has 3 heteroatoms. The lowest BCUT2D eigenvalue weighted by atomic mass is 10.0. The molecular weight excluding hydrogens is 366 g/mol. The standard InChI is InChI=1S/C27H21N3/c1-18-8-6-9-19(2)24(18)30-25(20-10-4-3-5-11-20)23-16-15-22-14-13-21-12-7-17-28-26(21)27(22)29-23/h3-17H,1-2H3. The van der Waals surface area contributed by atoms with E-state index in [2.05, 4.69) is 79.5 Å². The zero-order chi connectivity index (χ0) is 20.5. The fraction of sp³-hybridized carbons (Fsp3) is 0.0741. The van der Waals surface area contributed by atoms with Gasteiger partial charge in [-0.3, -0.25) is 4.98 Å². The van der Waals surface area contributed by atoms with Crippen molar-refractivity contribution in [2.24, 2.45) is 4.99 Å². The van der Waals surface area contributed by atoms with Gasteiger partial charge in [0.15, 0.2) is 0 Å². The second kappa shape index (κ2) is 7.53. The van der Waals surface area contributed by atoms with Gasteiger partial charge in [-0.15, -0.1) is 0 Å². The topological polar surface area (TPSA) is 38.1 Å². The van der Waals surface area contributed by atoms with E-state index >= 15 is 0 Å². The molecule has 0 aliphatic carbocycles. The van der Waals surface area contributed by atoms with Crippen LogP contribution in [-0.2, 0) is 0 Å². The van der Waals surface area contributed by atoms with Crippen molar-refractivity contribution < 1.29 is 0 Å². The summed E-state index contributed by atoms with van der Waals surface area (Å²) in [7, 11) is 0. The molecule has 2 aromatic heterocycles. The number of benzene rings is 3. The van der Waals surface area contributed by atoms with Crippen molar-refractivity contribution in [3.05, 3.63) is 114 Å². The molecule has 0 saturated heterocycles.